The molecule has 1 aliphatic heterocycles. The molecule has 1 aliphatic rings. The number of benzene rings is 1. The maximum absolute atomic E-state index is 11.7. The molecular weight excluding hydrogens is 318 g/mol. The number of hydrogen-bond acceptors (Lipinski definition) is 4. The Morgan fingerprint density at radius 3 is 2.80 bits per heavy atom. The summed E-state index contributed by atoms with van der Waals surface area (Å²) in [6, 6.07) is 7.26. The number of halogens is 1. The SMILES string of the molecule is O=C(CCSc1ccccc1Cl)N[C@H]1CCS(=O)(=O)C1. The van der Waals surface area contributed by atoms with Gasteiger partial charge in [0.15, 0.2) is 9.84 Å². The Morgan fingerprint density at radius 1 is 1.40 bits per heavy atom. The lowest BCUT2D eigenvalue weighted by atomic mass is 10.2. The second-order valence-electron chi connectivity index (χ2n) is 4.70. The molecule has 7 heteroatoms. The van der Waals surface area contributed by atoms with Crippen molar-refractivity contribution in [3.63, 3.8) is 0 Å². The van der Waals surface area contributed by atoms with Gasteiger partial charge in [-0.1, -0.05) is 23.7 Å². The van der Waals surface area contributed by atoms with Crippen LogP contribution in [0.2, 0.25) is 5.02 Å². The highest BCUT2D eigenvalue weighted by molar-refractivity contribution is 7.99. The third-order valence-electron chi connectivity index (χ3n) is 3.02. The number of carbonyl (C=O) groups is 1. The van der Waals surface area contributed by atoms with E-state index in [0.717, 1.165) is 4.90 Å². The van der Waals surface area contributed by atoms with Gasteiger partial charge in [0, 0.05) is 23.1 Å². The van der Waals surface area contributed by atoms with E-state index in [0.29, 0.717) is 23.6 Å². The third-order valence-corrected chi connectivity index (χ3v) is 6.31. The van der Waals surface area contributed by atoms with Crippen LogP contribution in [0.4, 0.5) is 0 Å². The number of amides is 1. The molecule has 20 heavy (non-hydrogen) atoms. The van der Waals surface area contributed by atoms with Crippen LogP contribution >= 0.6 is 23.4 Å². The summed E-state index contributed by atoms with van der Waals surface area (Å²) >= 11 is 7.54. The molecule has 0 aliphatic carbocycles. The summed E-state index contributed by atoms with van der Waals surface area (Å²) in [5.41, 5.74) is 0. The van der Waals surface area contributed by atoms with E-state index in [1.165, 1.54) is 11.8 Å². The van der Waals surface area contributed by atoms with Crippen LogP contribution in [0.3, 0.4) is 0 Å². The summed E-state index contributed by atoms with van der Waals surface area (Å²) in [4.78, 5) is 12.7. The van der Waals surface area contributed by atoms with Gasteiger partial charge in [0.25, 0.3) is 0 Å². The van der Waals surface area contributed by atoms with Crippen molar-refractivity contribution in [1.82, 2.24) is 5.32 Å². The zero-order valence-electron chi connectivity index (χ0n) is 10.8. The number of thioether (sulfide) groups is 1. The molecule has 0 spiro atoms. The monoisotopic (exact) mass is 333 g/mol. The number of sulfone groups is 1. The number of rotatable bonds is 5. The van der Waals surface area contributed by atoms with E-state index in [1.807, 2.05) is 24.3 Å². The summed E-state index contributed by atoms with van der Waals surface area (Å²) < 4.78 is 22.6. The van der Waals surface area contributed by atoms with Gasteiger partial charge in [-0.2, -0.15) is 0 Å². The van der Waals surface area contributed by atoms with E-state index in [9.17, 15) is 13.2 Å². The van der Waals surface area contributed by atoms with Gasteiger partial charge < -0.3 is 5.32 Å². The average Bonchev–Trinajstić information content (AvgIpc) is 2.71. The fourth-order valence-corrected chi connectivity index (χ4v) is 4.88. The molecule has 0 radical (unpaired) electrons. The summed E-state index contributed by atoms with van der Waals surface area (Å²) in [6.07, 6.45) is 0.873. The van der Waals surface area contributed by atoms with E-state index in [4.69, 9.17) is 11.6 Å². The molecule has 1 N–H and O–H groups in total. The number of nitrogens with one attached hydrogen (secondary N) is 1. The summed E-state index contributed by atoms with van der Waals surface area (Å²) in [5, 5.41) is 3.45. The van der Waals surface area contributed by atoms with Crippen LogP contribution in [0, 0.1) is 0 Å². The lowest BCUT2D eigenvalue weighted by molar-refractivity contribution is -0.121. The molecule has 1 aromatic carbocycles. The smallest absolute Gasteiger partial charge is 0.221 e. The first-order chi connectivity index (χ1) is 9.46. The average molecular weight is 334 g/mol. The first-order valence-electron chi connectivity index (χ1n) is 6.33. The molecule has 1 aromatic rings. The van der Waals surface area contributed by atoms with Crippen molar-refractivity contribution >= 4 is 39.1 Å². The van der Waals surface area contributed by atoms with Crippen molar-refractivity contribution in [2.24, 2.45) is 0 Å². The summed E-state index contributed by atoms with van der Waals surface area (Å²) in [5.74, 6) is 0.754. The molecule has 0 saturated carbocycles. The first kappa shape index (κ1) is 15.7. The predicted octanol–water partition coefficient (Wildman–Crippen LogP) is 2.13. The summed E-state index contributed by atoms with van der Waals surface area (Å²) in [6.45, 7) is 0. The first-order valence-corrected chi connectivity index (χ1v) is 9.52. The van der Waals surface area contributed by atoms with Gasteiger partial charge >= 0.3 is 0 Å². The van der Waals surface area contributed by atoms with Gasteiger partial charge in [-0.05, 0) is 18.6 Å². The van der Waals surface area contributed by atoms with Gasteiger partial charge in [-0.25, -0.2) is 8.42 Å². The molecule has 0 bridgehead atoms. The van der Waals surface area contributed by atoms with Crippen LogP contribution in [0.25, 0.3) is 0 Å². The van der Waals surface area contributed by atoms with Crippen molar-refractivity contribution in [3.05, 3.63) is 29.3 Å². The van der Waals surface area contributed by atoms with Crippen LogP contribution in [0.15, 0.2) is 29.2 Å². The second kappa shape index (κ2) is 6.83. The molecule has 110 valence electrons. The molecule has 0 unspecified atom stereocenters. The number of carbonyl (C=O) groups excluding carboxylic acids is 1. The minimum absolute atomic E-state index is 0.0659. The standard InChI is InChI=1S/C13H16ClNO3S2/c14-11-3-1-2-4-12(11)19-7-5-13(16)15-10-6-8-20(17,18)9-10/h1-4,10H,5-9H2,(H,15,16)/t10-/m0/s1. The van der Waals surface area contributed by atoms with E-state index < -0.39 is 9.84 Å². The normalized spacial score (nSPS) is 20.8. The van der Waals surface area contributed by atoms with Crippen LogP contribution in [-0.4, -0.2) is 37.6 Å². The van der Waals surface area contributed by atoms with Crippen LogP contribution in [0.1, 0.15) is 12.8 Å². The Kier molecular flexibility index (Phi) is 5.35. The lowest BCUT2D eigenvalue weighted by Gasteiger charge is -2.10. The molecule has 0 aromatic heterocycles. The predicted molar refractivity (Wildman–Crippen MR) is 82.0 cm³/mol. The van der Waals surface area contributed by atoms with E-state index in [2.05, 4.69) is 5.32 Å². The fourth-order valence-electron chi connectivity index (χ4n) is 2.02. The minimum Gasteiger partial charge on any atom is -0.352 e. The van der Waals surface area contributed by atoms with E-state index in [1.54, 1.807) is 0 Å². The Bertz CT molecular complexity index is 589. The van der Waals surface area contributed by atoms with Crippen LogP contribution < -0.4 is 5.32 Å². The Balaban J connectivity index is 1.72. The molecule has 1 saturated heterocycles. The maximum atomic E-state index is 11.7. The van der Waals surface area contributed by atoms with Crippen LogP contribution in [-0.2, 0) is 14.6 Å². The fraction of sp³-hybridized carbons (Fsp3) is 0.462. The van der Waals surface area contributed by atoms with E-state index >= 15 is 0 Å². The minimum atomic E-state index is -2.95. The molecule has 4 nitrogen and oxygen atoms in total. The van der Waals surface area contributed by atoms with Crippen molar-refractivity contribution in [3.8, 4) is 0 Å². The Hall–Kier alpha value is -0.720. The van der Waals surface area contributed by atoms with Gasteiger partial charge in [0.05, 0.1) is 16.5 Å². The highest BCUT2D eigenvalue weighted by atomic mass is 35.5. The maximum Gasteiger partial charge on any atom is 0.221 e. The highest BCUT2D eigenvalue weighted by Crippen LogP contribution is 2.26. The quantitative estimate of drug-likeness (QED) is 0.838. The zero-order valence-corrected chi connectivity index (χ0v) is 13.2. The van der Waals surface area contributed by atoms with Crippen molar-refractivity contribution in [1.29, 1.82) is 0 Å². The molecule has 2 rings (SSSR count). The molecule has 1 atom stereocenters. The van der Waals surface area contributed by atoms with Gasteiger partial charge in [0.1, 0.15) is 0 Å². The topological polar surface area (TPSA) is 63.2 Å². The third kappa shape index (κ3) is 4.68. The molecular formula is C13H16ClNO3S2. The Labute approximate surface area is 128 Å². The molecule has 1 fully saturated rings. The van der Waals surface area contributed by atoms with Gasteiger partial charge in [-0.3, -0.25) is 4.79 Å². The Morgan fingerprint density at radius 2 is 2.15 bits per heavy atom. The molecule has 1 amide bonds. The van der Waals surface area contributed by atoms with Gasteiger partial charge in [0.2, 0.25) is 5.91 Å². The second-order valence-corrected chi connectivity index (χ2v) is 8.47. The van der Waals surface area contributed by atoms with E-state index in [-0.39, 0.29) is 23.5 Å². The zero-order chi connectivity index (χ0) is 14.6. The lowest BCUT2D eigenvalue weighted by Crippen LogP contribution is -2.35. The summed E-state index contributed by atoms with van der Waals surface area (Å²) in [7, 11) is -2.95. The molecule has 1 heterocycles. The van der Waals surface area contributed by atoms with Crippen molar-refractivity contribution < 1.29 is 13.2 Å². The highest BCUT2D eigenvalue weighted by Gasteiger charge is 2.28. The van der Waals surface area contributed by atoms with Crippen LogP contribution in [0.5, 0.6) is 0 Å². The largest absolute Gasteiger partial charge is 0.352 e. The van der Waals surface area contributed by atoms with Gasteiger partial charge in [-0.15, -0.1) is 11.8 Å². The van der Waals surface area contributed by atoms with Crippen molar-refractivity contribution in [2.75, 3.05) is 17.3 Å². The number of hydrogen-bond donors (Lipinski definition) is 1. The van der Waals surface area contributed by atoms with Crippen molar-refractivity contribution in [2.45, 2.75) is 23.8 Å².